The van der Waals surface area contributed by atoms with Gasteiger partial charge in [0.05, 0.1) is 19.3 Å². The zero-order valence-electron chi connectivity index (χ0n) is 15.5. The lowest BCUT2D eigenvalue weighted by molar-refractivity contribution is -0.139. The highest BCUT2D eigenvalue weighted by Gasteiger charge is 2.27. The van der Waals surface area contributed by atoms with Crippen molar-refractivity contribution in [3.63, 3.8) is 0 Å². The predicted octanol–water partition coefficient (Wildman–Crippen LogP) is 3.39. The van der Waals surface area contributed by atoms with Crippen molar-refractivity contribution in [3.8, 4) is 5.75 Å². The topological polar surface area (TPSA) is 53.0 Å². The molecule has 2 aromatic rings. The standard InChI is InChI=1S/C21H25FN2O3/c1-27-20-9-5-2-6-16(20)14-24(15-21(25)26)17-10-12-23(13-11-17)19-8-4-3-7-18(19)22/h2-9,17H,10-15H2,1H3,(H,25,26). The van der Waals surface area contributed by atoms with Gasteiger partial charge in [-0.3, -0.25) is 9.69 Å². The Hall–Kier alpha value is -2.60. The molecule has 0 saturated carbocycles. The molecule has 0 spiro atoms. The molecule has 3 rings (SSSR count). The lowest BCUT2D eigenvalue weighted by Gasteiger charge is -2.39. The third-order valence-electron chi connectivity index (χ3n) is 5.08. The number of anilines is 1. The zero-order chi connectivity index (χ0) is 19.2. The quantitative estimate of drug-likeness (QED) is 0.807. The molecule has 1 aliphatic heterocycles. The Morgan fingerprint density at radius 1 is 1.19 bits per heavy atom. The normalized spacial score (nSPS) is 15.1. The molecule has 1 N–H and O–H groups in total. The Bertz CT molecular complexity index is 776. The summed E-state index contributed by atoms with van der Waals surface area (Å²) in [6.07, 6.45) is 1.58. The molecule has 144 valence electrons. The van der Waals surface area contributed by atoms with Crippen LogP contribution < -0.4 is 9.64 Å². The van der Waals surface area contributed by atoms with E-state index in [2.05, 4.69) is 0 Å². The van der Waals surface area contributed by atoms with Crippen LogP contribution in [0.2, 0.25) is 0 Å². The van der Waals surface area contributed by atoms with Crippen LogP contribution in [0.25, 0.3) is 0 Å². The van der Waals surface area contributed by atoms with Crippen molar-refractivity contribution in [1.29, 1.82) is 0 Å². The Morgan fingerprint density at radius 3 is 2.52 bits per heavy atom. The van der Waals surface area contributed by atoms with E-state index in [9.17, 15) is 14.3 Å². The fraction of sp³-hybridized carbons (Fsp3) is 0.381. The third kappa shape index (κ3) is 4.77. The molecule has 1 aliphatic rings. The van der Waals surface area contributed by atoms with Gasteiger partial charge in [0, 0.05) is 31.2 Å². The van der Waals surface area contributed by atoms with Gasteiger partial charge in [-0.05, 0) is 31.0 Å². The van der Waals surface area contributed by atoms with Crippen molar-refractivity contribution >= 4 is 11.7 Å². The molecule has 0 aromatic heterocycles. The van der Waals surface area contributed by atoms with Crippen LogP contribution in [0.4, 0.5) is 10.1 Å². The monoisotopic (exact) mass is 372 g/mol. The van der Waals surface area contributed by atoms with Crippen molar-refractivity contribution in [1.82, 2.24) is 4.90 Å². The summed E-state index contributed by atoms with van der Waals surface area (Å²) in [6, 6.07) is 14.6. The summed E-state index contributed by atoms with van der Waals surface area (Å²) in [5.74, 6) is -0.300. The third-order valence-corrected chi connectivity index (χ3v) is 5.08. The zero-order valence-corrected chi connectivity index (χ0v) is 15.5. The minimum atomic E-state index is -0.846. The molecule has 0 atom stereocenters. The van der Waals surface area contributed by atoms with E-state index in [4.69, 9.17) is 4.74 Å². The van der Waals surface area contributed by atoms with E-state index in [0.717, 1.165) is 24.2 Å². The second-order valence-electron chi connectivity index (χ2n) is 6.78. The van der Waals surface area contributed by atoms with Crippen molar-refractivity contribution in [3.05, 3.63) is 59.9 Å². The first kappa shape index (κ1) is 19.2. The van der Waals surface area contributed by atoms with E-state index in [0.29, 0.717) is 25.3 Å². The fourth-order valence-electron chi connectivity index (χ4n) is 3.72. The molecule has 0 amide bonds. The first-order valence-electron chi connectivity index (χ1n) is 9.15. The number of para-hydroxylation sites is 2. The molecule has 1 heterocycles. The summed E-state index contributed by atoms with van der Waals surface area (Å²) in [5, 5.41) is 9.35. The Kier molecular flexibility index (Phi) is 6.29. The molecule has 5 nitrogen and oxygen atoms in total. The highest BCUT2D eigenvalue weighted by molar-refractivity contribution is 5.69. The van der Waals surface area contributed by atoms with E-state index in [1.807, 2.05) is 40.1 Å². The number of aliphatic carboxylic acids is 1. The first-order valence-corrected chi connectivity index (χ1v) is 9.15. The van der Waals surface area contributed by atoms with E-state index in [1.54, 1.807) is 19.2 Å². The van der Waals surface area contributed by atoms with Crippen LogP contribution in [-0.2, 0) is 11.3 Å². The molecule has 27 heavy (non-hydrogen) atoms. The van der Waals surface area contributed by atoms with Crippen molar-refractivity contribution < 1.29 is 19.0 Å². The predicted molar refractivity (Wildman–Crippen MR) is 103 cm³/mol. The fourth-order valence-corrected chi connectivity index (χ4v) is 3.72. The summed E-state index contributed by atoms with van der Waals surface area (Å²) in [7, 11) is 1.62. The van der Waals surface area contributed by atoms with Crippen LogP contribution in [0.1, 0.15) is 18.4 Å². The molecule has 0 aliphatic carbocycles. The van der Waals surface area contributed by atoms with Gasteiger partial charge in [0.1, 0.15) is 11.6 Å². The number of piperidine rings is 1. The molecule has 0 unspecified atom stereocenters. The molecular formula is C21H25FN2O3. The van der Waals surface area contributed by atoms with E-state index >= 15 is 0 Å². The number of carboxylic acid groups (broad SMARTS) is 1. The second kappa shape index (κ2) is 8.86. The van der Waals surface area contributed by atoms with Gasteiger partial charge in [0.2, 0.25) is 0 Å². The average Bonchev–Trinajstić information content (AvgIpc) is 2.68. The number of methoxy groups -OCH3 is 1. The van der Waals surface area contributed by atoms with Crippen LogP contribution in [0.3, 0.4) is 0 Å². The minimum absolute atomic E-state index is 0.0254. The van der Waals surface area contributed by atoms with Crippen LogP contribution in [0.15, 0.2) is 48.5 Å². The summed E-state index contributed by atoms with van der Waals surface area (Å²) in [4.78, 5) is 15.4. The smallest absolute Gasteiger partial charge is 0.317 e. The van der Waals surface area contributed by atoms with Gasteiger partial charge in [-0.1, -0.05) is 30.3 Å². The average molecular weight is 372 g/mol. The van der Waals surface area contributed by atoms with Crippen molar-refractivity contribution in [2.75, 3.05) is 31.6 Å². The number of ether oxygens (including phenoxy) is 1. The van der Waals surface area contributed by atoms with Gasteiger partial charge >= 0.3 is 5.97 Å². The molecule has 1 fully saturated rings. The number of carbonyl (C=O) groups is 1. The molecule has 2 aromatic carbocycles. The van der Waals surface area contributed by atoms with E-state index in [-0.39, 0.29) is 18.4 Å². The van der Waals surface area contributed by atoms with Crippen LogP contribution in [-0.4, -0.2) is 48.8 Å². The molecule has 0 radical (unpaired) electrons. The van der Waals surface area contributed by atoms with Crippen LogP contribution in [0.5, 0.6) is 5.75 Å². The maximum atomic E-state index is 14.0. The SMILES string of the molecule is COc1ccccc1CN(CC(=O)O)C1CCN(c2ccccc2F)CC1. The van der Waals surface area contributed by atoms with Gasteiger partial charge in [-0.2, -0.15) is 0 Å². The molecular weight excluding hydrogens is 347 g/mol. The minimum Gasteiger partial charge on any atom is -0.496 e. The highest BCUT2D eigenvalue weighted by atomic mass is 19.1. The molecule has 6 heteroatoms. The maximum absolute atomic E-state index is 14.0. The van der Waals surface area contributed by atoms with Crippen molar-refractivity contribution in [2.45, 2.75) is 25.4 Å². The number of hydrogen-bond donors (Lipinski definition) is 1. The Balaban J connectivity index is 1.69. The van der Waals surface area contributed by atoms with Crippen LogP contribution in [0, 0.1) is 5.82 Å². The first-order chi connectivity index (χ1) is 13.1. The number of benzene rings is 2. The summed E-state index contributed by atoms with van der Waals surface area (Å²) < 4.78 is 19.4. The largest absolute Gasteiger partial charge is 0.496 e. The Morgan fingerprint density at radius 2 is 1.85 bits per heavy atom. The van der Waals surface area contributed by atoms with E-state index in [1.165, 1.54) is 6.07 Å². The number of halogens is 1. The number of nitrogens with zero attached hydrogens (tertiary/aromatic N) is 2. The van der Waals surface area contributed by atoms with Gasteiger partial charge in [-0.25, -0.2) is 4.39 Å². The molecule has 0 bridgehead atoms. The van der Waals surface area contributed by atoms with E-state index < -0.39 is 5.97 Å². The van der Waals surface area contributed by atoms with Gasteiger partial charge in [0.15, 0.2) is 0 Å². The second-order valence-corrected chi connectivity index (χ2v) is 6.78. The number of rotatable bonds is 7. The lowest BCUT2D eigenvalue weighted by atomic mass is 10.0. The molecule has 1 saturated heterocycles. The van der Waals surface area contributed by atoms with Crippen molar-refractivity contribution in [2.24, 2.45) is 0 Å². The van der Waals surface area contributed by atoms with Gasteiger partial charge < -0.3 is 14.7 Å². The summed E-state index contributed by atoms with van der Waals surface area (Å²) >= 11 is 0. The lowest BCUT2D eigenvalue weighted by Crippen LogP contribution is -2.46. The Labute approximate surface area is 159 Å². The van der Waals surface area contributed by atoms with Crippen LogP contribution >= 0.6 is 0 Å². The maximum Gasteiger partial charge on any atom is 0.317 e. The number of carboxylic acids is 1. The summed E-state index contributed by atoms with van der Waals surface area (Å²) in [5.41, 5.74) is 1.59. The van der Waals surface area contributed by atoms with Gasteiger partial charge in [0.25, 0.3) is 0 Å². The summed E-state index contributed by atoms with van der Waals surface area (Å²) in [6.45, 7) is 1.89. The van der Waals surface area contributed by atoms with Gasteiger partial charge in [-0.15, -0.1) is 0 Å². The highest BCUT2D eigenvalue weighted by Crippen LogP contribution is 2.27. The number of hydrogen-bond acceptors (Lipinski definition) is 4.